The molecule has 4 rings (SSSR count). The number of nitrogens with zero attached hydrogens (tertiary/aromatic N) is 2. The van der Waals surface area contributed by atoms with Crippen LogP contribution < -0.4 is 5.32 Å². The van der Waals surface area contributed by atoms with E-state index in [0.717, 1.165) is 6.07 Å². The first-order valence-corrected chi connectivity index (χ1v) is 8.23. The van der Waals surface area contributed by atoms with Crippen molar-refractivity contribution in [1.29, 1.82) is 0 Å². The standard InChI is InChI=1S/C18H10ClN3O6/c19-9-1-4-14-12(7-9)21-18(28-14)11-8-10(2-3-13(11)23)20-17(24)15-5-6-16(27-15)22(25)26/h1-8,23H,(H,20,24). The first-order valence-electron chi connectivity index (χ1n) is 7.86. The van der Waals surface area contributed by atoms with Crippen LogP contribution in [-0.4, -0.2) is 20.9 Å². The van der Waals surface area contributed by atoms with Gasteiger partial charge in [-0.25, -0.2) is 4.98 Å². The number of aromatic hydroxyl groups is 1. The summed E-state index contributed by atoms with van der Waals surface area (Å²) in [6.07, 6.45) is 0. The monoisotopic (exact) mass is 399 g/mol. The summed E-state index contributed by atoms with van der Waals surface area (Å²) in [4.78, 5) is 26.4. The summed E-state index contributed by atoms with van der Waals surface area (Å²) in [5, 5.41) is 23.8. The van der Waals surface area contributed by atoms with Gasteiger partial charge in [0.15, 0.2) is 11.3 Å². The van der Waals surface area contributed by atoms with Crippen LogP contribution in [0.25, 0.3) is 22.6 Å². The smallest absolute Gasteiger partial charge is 0.433 e. The van der Waals surface area contributed by atoms with Crippen LogP contribution in [-0.2, 0) is 0 Å². The number of benzene rings is 2. The van der Waals surface area contributed by atoms with Gasteiger partial charge in [-0.3, -0.25) is 14.9 Å². The van der Waals surface area contributed by atoms with E-state index in [9.17, 15) is 20.0 Å². The van der Waals surface area contributed by atoms with Gasteiger partial charge in [0.1, 0.15) is 16.2 Å². The summed E-state index contributed by atoms with van der Waals surface area (Å²) in [5.41, 5.74) is 1.54. The van der Waals surface area contributed by atoms with Crippen molar-refractivity contribution in [3.05, 3.63) is 69.4 Å². The highest BCUT2D eigenvalue weighted by Gasteiger charge is 2.19. The minimum Gasteiger partial charge on any atom is -0.507 e. The number of nitrogens with one attached hydrogen (secondary N) is 1. The predicted octanol–water partition coefficient (Wildman–Crippen LogP) is 4.61. The zero-order chi connectivity index (χ0) is 19.8. The van der Waals surface area contributed by atoms with Crippen molar-refractivity contribution in [2.45, 2.75) is 0 Å². The maximum atomic E-state index is 12.2. The molecule has 2 N–H and O–H groups in total. The van der Waals surface area contributed by atoms with E-state index in [1.807, 2.05) is 0 Å². The maximum Gasteiger partial charge on any atom is 0.433 e. The first-order chi connectivity index (χ1) is 13.4. The summed E-state index contributed by atoms with van der Waals surface area (Å²) in [6.45, 7) is 0. The number of phenolic OH excluding ortho intramolecular Hbond substituents is 1. The Labute approximate surface area is 161 Å². The minimum atomic E-state index is -0.741. The molecule has 9 nitrogen and oxygen atoms in total. The van der Waals surface area contributed by atoms with Crippen molar-refractivity contribution >= 4 is 40.2 Å². The Morgan fingerprint density at radius 2 is 1.96 bits per heavy atom. The van der Waals surface area contributed by atoms with Crippen LogP contribution in [0.15, 0.2) is 57.4 Å². The van der Waals surface area contributed by atoms with E-state index in [1.54, 1.807) is 18.2 Å². The van der Waals surface area contributed by atoms with E-state index < -0.39 is 16.7 Å². The van der Waals surface area contributed by atoms with Crippen molar-refractivity contribution in [3.8, 4) is 17.2 Å². The Bertz CT molecular complexity index is 1230. The number of carbonyl (C=O) groups is 1. The lowest BCUT2D eigenvalue weighted by Crippen LogP contribution is -2.10. The molecular weight excluding hydrogens is 390 g/mol. The lowest BCUT2D eigenvalue weighted by molar-refractivity contribution is -0.402. The molecule has 0 radical (unpaired) electrons. The quantitative estimate of drug-likeness (QED) is 0.291. The van der Waals surface area contributed by atoms with Crippen molar-refractivity contribution in [2.24, 2.45) is 0 Å². The fourth-order valence-electron chi connectivity index (χ4n) is 2.54. The van der Waals surface area contributed by atoms with Crippen LogP contribution in [0.1, 0.15) is 10.6 Å². The van der Waals surface area contributed by atoms with Gasteiger partial charge in [0.25, 0.3) is 5.91 Å². The van der Waals surface area contributed by atoms with Gasteiger partial charge < -0.3 is 19.3 Å². The van der Waals surface area contributed by atoms with Crippen LogP contribution in [0.2, 0.25) is 5.02 Å². The Balaban J connectivity index is 1.64. The van der Waals surface area contributed by atoms with E-state index in [1.165, 1.54) is 24.3 Å². The van der Waals surface area contributed by atoms with E-state index in [4.69, 9.17) is 20.4 Å². The minimum absolute atomic E-state index is 0.107. The number of fused-ring (bicyclic) bond motifs is 1. The first kappa shape index (κ1) is 17.6. The largest absolute Gasteiger partial charge is 0.507 e. The Kier molecular flexibility index (Phi) is 4.21. The van der Waals surface area contributed by atoms with Gasteiger partial charge in [-0.15, -0.1) is 0 Å². The number of amides is 1. The number of oxazole rings is 1. The molecule has 28 heavy (non-hydrogen) atoms. The van der Waals surface area contributed by atoms with Crippen LogP contribution in [0.4, 0.5) is 11.6 Å². The molecule has 0 aliphatic rings. The highest BCUT2D eigenvalue weighted by Crippen LogP contribution is 2.34. The molecule has 0 atom stereocenters. The fraction of sp³-hybridized carbons (Fsp3) is 0. The molecule has 0 bridgehead atoms. The van der Waals surface area contributed by atoms with Gasteiger partial charge in [-0.1, -0.05) is 11.6 Å². The summed E-state index contributed by atoms with van der Waals surface area (Å²) in [7, 11) is 0. The average Bonchev–Trinajstić information content (AvgIpc) is 3.30. The summed E-state index contributed by atoms with van der Waals surface area (Å²) < 4.78 is 10.5. The summed E-state index contributed by atoms with van der Waals surface area (Å²) >= 11 is 5.94. The lowest BCUT2D eigenvalue weighted by atomic mass is 10.1. The molecule has 0 aliphatic carbocycles. The van der Waals surface area contributed by atoms with Crippen LogP contribution in [0, 0.1) is 10.1 Å². The van der Waals surface area contributed by atoms with Crippen molar-refractivity contribution < 1.29 is 23.7 Å². The molecule has 0 saturated heterocycles. The van der Waals surface area contributed by atoms with E-state index in [0.29, 0.717) is 21.8 Å². The third-order valence-corrected chi connectivity index (χ3v) is 4.07. The van der Waals surface area contributed by atoms with Gasteiger partial charge in [-0.2, -0.15) is 0 Å². The van der Waals surface area contributed by atoms with Crippen molar-refractivity contribution in [1.82, 2.24) is 4.98 Å². The average molecular weight is 400 g/mol. The molecule has 10 heteroatoms. The number of hydrogen-bond acceptors (Lipinski definition) is 7. The molecule has 0 fully saturated rings. The van der Waals surface area contributed by atoms with Gasteiger partial charge >= 0.3 is 5.88 Å². The summed E-state index contributed by atoms with van der Waals surface area (Å²) in [5.74, 6) is -1.42. The summed E-state index contributed by atoms with van der Waals surface area (Å²) in [6, 6.07) is 11.5. The number of carbonyl (C=O) groups excluding carboxylic acids is 1. The lowest BCUT2D eigenvalue weighted by Gasteiger charge is -2.06. The number of rotatable bonds is 4. The zero-order valence-corrected chi connectivity index (χ0v) is 14.6. The second-order valence-electron chi connectivity index (χ2n) is 5.71. The number of anilines is 1. The third-order valence-electron chi connectivity index (χ3n) is 3.83. The molecule has 0 saturated carbocycles. The molecule has 0 aliphatic heterocycles. The molecule has 140 valence electrons. The van der Waals surface area contributed by atoms with E-state index in [-0.39, 0.29) is 23.0 Å². The highest BCUT2D eigenvalue weighted by atomic mass is 35.5. The Morgan fingerprint density at radius 1 is 1.14 bits per heavy atom. The number of phenols is 1. The van der Waals surface area contributed by atoms with Gasteiger partial charge in [0.05, 0.1) is 11.6 Å². The van der Waals surface area contributed by atoms with E-state index in [2.05, 4.69) is 10.3 Å². The fourth-order valence-corrected chi connectivity index (χ4v) is 2.71. The topological polar surface area (TPSA) is 132 Å². The SMILES string of the molecule is O=C(Nc1ccc(O)c(-c2nc3cc(Cl)ccc3o2)c1)c1ccc([N+](=O)[O-])o1. The second kappa shape index (κ2) is 6.71. The molecule has 0 spiro atoms. The second-order valence-corrected chi connectivity index (χ2v) is 6.15. The molecule has 2 heterocycles. The van der Waals surface area contributed by atoms with Gasteiger partial charge in [0.2, 0.25) is 5.89 Å². The molecule has 1 amide bonds. The van der Waals surface area contributed by atoms with E-state index >= 15 is 0 Å². The number of furan rings is 1. The van der Waals surface area contributed by atoms with Crippen LogP contribution in [0.3, 0.4) is 0 Å². The Morgan fingerprint density at radius 3 is 2.71 bits per heavy atom. The molecule has 4 aromatic rings. The van der Waals surface area contributed by atoms with Crippen molar-refractivity contribution in [2.75, 3.05) is 5.32 Å². The van der Waals surface area contributed by atoms with Gasteiger partial charge in [-0.05, 0) is 42.5 Å². The van der Waals surface area contributed by atoms with Crippen molar-refractivity contribution in [3.63, 3.8) is 0 Å². The van der Waals surface area contributed by atoms with Crippen LogP contribution in [0.5, 0.6) is 5.75 Å². The normalized spacial score (nSPS) is 10.9. The number of hydrogen-bond donors (Lipinski definition) is 2. The molecular formula is C18H10ClN3O6. The Hall–Kier alpha value is -3.85. The maximum absolute atomic E-state index is 12.2. The highest BCUT2D eigenvalue weighted by molar-refractivity contribution is 6.31. The number of aromatic nitrogens is 1. The molecule has 2 aromatic heterocycles. The van der Waals surface area contributed by atoms with Gasteiger partial charge in [0, 0.05) is 10.7 Å². The number of nitro groups is 1. The molecule has 2 aromatic carbocycles. The number of halogens is 1. The zero-order valence-electron chi connectivity index (χ0n) is 13.9. The third kappa shape index (κ3) is 3.26. The van der Waals surface area contributed by atoms with Crippen LogP contribution >= 0.6 is 11.6 Å². The predicted molar refractivity (Wildman–Crippen MR) is 99.4 cm³/mol. The molecule has 0 unspecified atom stereocenters.